The molecule has 0 aliphatic rings. The zero-order valence-corrected chi connectivity index (χ0v) is 17.4. The number of imide groups is 1. The first-order chi connectivity index (χ1) is 13.6. The maximum Gasteiger partial charge on any atom is 0.326 e. The van der Waals surface area contributed by atoms with Crippen molar-refractivity contribution in [1.82, 2.24) is 10.3 Å². The minimum Gasteiger partial charge on any atom is -0.364 e. The van der Waals surface area contributed by atoms with Crippen molar-refractivity contribution in [2.75, 3.05) is 10.6 Å². The number of hydrogen-bond donors (Lipinski definition) is 4. The number of rotatable bonds is 4. The van der Waals surface area contributed by atoms with Crippen LogP contribution in [-0.4, -0.2) is 26.6 Å². The van der Waals surface area contributed by atoms with Crippen molar-refractivity contribution in [3.8, 4) is 0 Å². The summed E-state index contributed by atoms with van der Waals surface area (Å²) in [5.74, 6) is -2.02. The molecule has 0 saturated carbocycles. The van der Waals surface area contributed by atoms with Gasteiger partial charge in [-0.25, -0.2) is 9.78 Å². The number of carbonyl (C=O) groups excluding carboxylic acids is 3. The van der Waals surface area contributed by atoms with Crippen LogP contribution in [0.5, 0.6) is 0 Å². The fourth-order valence-corrected chi connectivity index (χ4v) is 3.35. The largest absolute Gasteiger partial charge is 0.364 e. The number of hydrogen-bond acceptors (Lipinski definition) is 6. The predicted molar refractivity (Wildman–Crippen MR) is 115 cm³/mol. The number of alkyl halides is 3. The highest BCUT2D eigenvalue weighted by atomic mass is 35.6. The highest BCUT2D eigenvalue weighted by Gasteiger charge is 2.32. The molecule has 0 spiro atoms. The van der Waals surface area contributed by atoms with E-state index < -0.39 is 21.6 Å². The van der Waals surface area contributed by atoms with Crippen LogP contribution < -0.4 is 21.7 Å². The van der Waals surface area contributed by atoms with Crippen molar-refractivity contribution in [1.29, 1.82) is 0 Å². The Morgan fingerprint density at radius 2 is 1.72 bits per heavy atom. The topological polar surface area (TPSA) is 126 Å². The molecule has 1 heterocycles. The van der Waals surface area contributed by atoms with Crippen LogP contribution in [0.4, 0.5) is 20.6 Å². The Morgan fingerprint density at radius 3 is 2.38 bits per heavy atom. The molecule has 3 aromatic rings. The number of aromatic nitrogens is 1. The number of halogens is 3. The van der Waals surface area contributed by atoms with E-state index >= 15 is 0 Å². The van der Waals surface area contributed by atoms with E-state index in [4.69, 9.17) is 40.5 Å². The molecule has 5 N–H and O–H groups in total. The Labute approximate surface area is 183 Å². The minimum absolute atomic E-state index is 0.0235. The van der Waals surface area contributed by atoms with E-state index in [9.17, 15) is 14.4 Å². The summed E-state index contributed by atoms with van der Waals surface area (Å²) >= 11 is 17.1. The number of urea groups is 1. The van der Waals surface area contributed by atoms with Crippen LogP contribution in [0.3, 0.4) is 0 Å². The number of fused-ring (bicyclic) bond motifs is 1. The fraction of sp³-hybridized carbons (Fsp3) is 0.0588. The normalized spacial score (nSPS) is 11.1. The second kappa shape index (κ2) is 8.42. The molecule has 3 rings (SSSR count). The number of amides is 4. The first kappa shape index (κ1) is 21.1. The number of nitrogens with one attached hydrogen (secondary N) is 3. The number of nitrogens with two attached hydrogens (primary N) is 1. The van der Waals surface area contributed by atoms with E-state index in [1.165, 1.54) is 0 Å². The first-order valence-corrected chi connectivity index (χ1v) is 9.84. The van der Waals surface area contributed by atoms with Crippen molar-refractivity contribution in [3.05, 3.63) is 48.2 Å². The van der Waals surface area contributed by atoms with E-state index in [2.05, 4.69) is 15.6 Å². The molecule has 1 aromatic heterocycles. The zero-order chi connectivity index (χ0) is 21.2. The van der Waals surface area contributed by atoms with Crippen LogP contribution in [0.15, 0.2) is 42.5 Å². The summed E-state index contributed by atoms with van der Waals surface area (Å²) in [7, 11) is 0. The van der Waals surface area contributed by atoms with Crippen LogP contribution in [0.2, 0.25) is 0 Å². The van der Waals surface area contributed by atoms with Gasteiger partial charge in [0.05, 0.1) is 0 Å². The molecule has 29 heavy (non-hydrogen) atoms. The van der Waals surface area contributed by atoms with Crippen LogP contribution >= 0.6 is 46.1 Å². The molecule has 0 aliphatic carbocycles. The fourth-order valence-electron chi connectivity index (χ4n) is 2.32. The number of benzene rings is 2. The van der Waals surface area contributed by atoms with Crippen molar-refractivity contribution < 1.29 is 14.4 Å². The molecular weight excluding hydrogens is 461 g/mol. The van der Waals surface area contributed by atoms with Crippen LogP contribution in [0, 0.1) is 0 Å². The second-order valence-corrected chi connectivity index (χ2v) is 8.93. The third-order valence-corrected chi connectivity index (χ3v) is 4.97. The number of primary amides is 1. The molecule has 0 fully saturated rings. The van der Waals surface area contributed by atoms with Gasteiger partial charge in [-0.3, -0.25) is 20.2 Å². The summed E-state index contributed by atoms with van der Waals surface area (Å²) in [6.07, 6.45) is 0. The predicted octanol–water partition coefficient (Wildman–Crippen LogP) is 4.16. The summed E-state index contributed by atoms with van der Waals surface area (Å²) in [5, 5.41) is 9.58. The number of anilines is 3. The smallest absolute Gasteiger partial charge is 0.326 e. The van der Waals surface area contributed by atoms with E-state index in [1.807, 2.05) is 47.8 Å². The lowest BCUT2D eigenvalue weighted by Crippen LogP contribution is -2.41. The molecule has 150 valence electrons. The van der Waals surface area contributed by atoms with Gasteiger partial charge < -0.3 is 11.1 Å². The van der Waals surface area contributed by atoms with Gasteiger partial charge in [0.1, 0.15) is 5.00 Å². The monoisotopic (exact) mass is 471 g/mol. The Kier molecular flexibility index (Phi) is 6.13. The maximum absolute atomic E-state index is 11.9. The van der Waals surface area contributed by atoms with Gasteiger partial charge in [-0.15, -0.1) is 0 Å². The maximum atomic E-state index is 11.9. The third kappa shape index (κ3) is 5.27. The Hall–Kier alpha value is -2.59. The van der Waals surface area contributed by atoms with Gasteiger partial charge in [0.25, 0.3) is 15.6 Å². The average molecular weight is 473 g/mol. The minimum atomic E-state index is -2.32. The van der Waals surface area contributed by atoms with Crippen molar-refractivity contribution >= 4 is 90.6 Å². The summed E-state index contributed by atoms with van der Waals surface area (Å²) in [6.45, 7) is 0. The van der Waals surface area contributed by atoms with E-state index in [0.717, 1.165) is 27.8 Å². The lowest BCUT2D eigenvalue weighted by Gasteiger charge is -2.10. The van der Waals surface area contributed by atoms with Gasteiger partial charge in [-0.1, -0.05) is 76.5 Å². The quantitative estimate of drug-likeness (QED) is 0.424. The third-order valence-electron chi connectivity index (χ3n) is 3.57. The molecule has 0 saturated heterocycles. The number of nitrogens with zero attached hydrogens (tertiary/aromatic N) is 1. The van der Waals surface area contributed by atoms with Crippen molar-refractivity contribution in [2.45, 2.75) is 3.79 Å². The van der Waals surface area contributed by atoms with Gasteiger partial charge >= 0.3 is 6.03 Å². The van der Waals surface area contributed by atoms with Crippen LogP contribution in [0.25, 0.3) is 10.8 Å². The van der Waals surface area contributed by atoms with Crippen molar-refractivity contribution in [2.24, 2.45) is 5.73 Å². The van der Waals surface area contributed by atoms with E-state index in [0.29, 0.717) is 5.13 Å². The lowest BCUT2D eigenvalue weighted by molar-refractivity contribution is -0.119. The molecule has 8 nitrogen and oxygen atoms in total. The first-order valence-electron chi connectivity index (χ1n) is 7.89. The summed E-state index contributed by atoms with van der Waals surface area (Å²) in [6, 6.07) is 12.4. The SMILES string of the molecule is NC(=O)c1nc(Nc2ccc3ccccc3c2)sc1NC(=O)NC(=O)C(Cl)(Cl)Cl. The molecule has 0 aliphatic heterocycles. The highest BCUT2D eigenvalue weighted by molar-refractivity contribution is 7.20. The molecular formula is C17H12Cl3N5O3S. The van der Waals surface area contributed by atoms with Crippen LogP contribution in [-0.2, 0) is 4.79 Å². The molecule has 4 amide bonds. The Balaban J connectivity index is 1.79. The molecule has 0 atom stereocenters. The summed E-state index contributed by atoms with van der Waals surface area (Å²) < 4.78 is -2.32. The van der Waals surface area contributed by atoms with Gasteiger partial charge in [0.2, 0.25) is 0 Å². The van der Waals surface area contributed by atoms with E-state index in [-0.39, 0.29) is 10.7 Å². The molecule has 0 bridgehead atoms. The van der Waals surface area contributed by atoms with Gasteiger partial charge in [-0.2, -0.15) is 0 Å². The van der Waals surface area contributed by atoms with Gasteiger partial charge in [0, 0.05) is 5.69 Å². The second-order valence-electron chi connectivity index (χ2n) is 5.65. The lowest BCUT2D eigenvalue weighted by atomic mass is 10.1. The average Bonchev–Trinajstić information content (AvgIpc) is 3.03. The number of thiazole rings is 1. The summed E-state index contributed by atoms with van der Waals surface area (Å²) in [4.78, 5) is 39.3. The van der Waals surface area contributed by atoms with Gasteiger partial charge in [0.15, 0.2) is 10.8 Å². The molecule has 0 unspecified atom stereocenters. The Bertz CT molecular complexity index is 1110. The zero-order valence-electron chi connectivity index (χ0n) is 14.3. The van der Waals surface area contributed by atoms with Gasteiger partial charge in [-0.05, 0) is 22.9 Å². The molecule has 2 aromatic carbocycles. The van der Waals surface area contributed by atoms with Crippen LogP contribution in [0.1, 0.15) is 10.5 Å². The Morgan fingerprint density at radius 1 is 1.03 bits per heavy atom. The molecule has 0 radical (unpaired) electrons. The van der Waals surface area contributed by atoms with E-state index in [1.54, 1.807) is 0 Å². The van der Waals surface area contributed by atoms with Crippen molar-refractivity contribution in [3.63, 3.8) is 0 Å². The summed E-state index contributed by atoms with van der Waals surface area (Å²) in [5.41, 5.74) is 5.85. The standard InChI is InChI=1S/C17H12Cl3N5O3S/c18-17(19,20)14(27)25-15(28)24-13-11(12(21)26)23-16(29-13)22-10-6-5-8-3-1-2-4-9(8)7-10/h1-7H,(H2,21,26)(H,22,23)(H2,24,25,27,28). The highest BCUT2D eigenvalue weighted by Crippen LogP contribution is 2.31. The molecule has 12 heteroatoms. The number of carbonyl (C=O) groups is 3.